The van der Waals surface area contributed by atoms with Gasteiger partial charge in [-0.2, -0.15) is 0 Å². The summed E-state index contributed by atoms with van der Waals surface area (Å²) in [5.41, 5.74) is 1.55. The number of nitrogens with zero attached hydrogens (tertiary/aromatic N) is 2. The predicted octanol–water partition coefficient (Wildman–Crippen LogP) is 5.04. The number of nitrogens with one attached hydrogen (secondary N) is 1. The number of hydrogen-bond donors (Lipinski definition) is 1. The zero-order valence-corrected chi connectivity index (χ0v) is 19.3. The van der Waals surface area contributed by atoms with Crippen molar-refractivity contribution in [3.05, 3.63) is 64.1 Å². The molecule has 160 valence electrons. The van der Waals surface area contributed by atoms with Crippen LogP contribution >= 0.6 is 15.9 Å². The molecule has 2 aromatic carbocycles. The number of hydrogen-bond acceptors (Lipinski definition) is 3. The van der Waals surface area contributed by atoms with E-state index in [1.807, 2.05) is 37.4 Å². The Balaban J connectivity index is 1.64. The van der Waals surface area contributed by atoms with Crippen molar-refractivity contribution in [2.24, 2.45) is 0 Å². The largest absolute Gasteiger partial charge is 0.340 e. The van der Waals surface area contributed by atoms with Gasteiger partial charge in [0.15, 0.2) is 0 Å². The van der Waals surface area contributed by atoms with E-state index in [2.05, 4.69) is 33.2 Å². The maximum absolute atomic E-state index is 13.1. The van der Waals surface area contributed by atoms with Gasteiger partial charge in [0.2, 0.25) is 0 Å². The number of carbonyl (C=O) groups is 2. The maximum atomic E-state index is 13.1. The first-order valence-corrected chi connectivity index (χ1v) is 11.4. The predicted molar refractivity (Wildman–Crippen MR) is 125 cm³/mol. The lowest BCUT2D eigenvalue weighted by Gasteiger charge is -2.32. The molecule has 0 heterocycles. The Labute approximate surface area is 187 Å². The highest BCUT2D eigenvalue weighted by atomic mass is 79.9. The van der Waals surface area contributed by atoms with Crippen molar-refractivity contribution in [3.8, 4) is 0 Å². The highest BCUT2D eigenvalue weighted by Gasteiger charge is 2.21. The number of amides is 2. The number of benzene rings is 2. The zero-order valence-electron chi connectivity index (χ0n) is 17.7. The molecule has 5 nitrogen and oxygen atoms in total. The molecule has 30 heavy (non-hydrogen) atoms. The smallest absolute Gasteiger partial charge is 0.256 e. The molecule has 0 spiro atoms. The van der Waals surface area contributed by atoms with Crippen LogP contribution in [0.3, 0.4) is 0 Å². The number of anilines is 1. The van der Waals surface area contributed by atoms with E-state index in [0.29, 0.717) is 33.9 Å². The molecule has 1 saturated carbocycles. The Bertz CT molecular complexity index is 880. The molecular formula is C24H30BrN3O2. The molecule has 6 heteroatoms. The Morgan fingerprint density at radius 2 is 1.57 bits per heavy atom. The standard InChI is InChI=1S/C24H30BrN3O2/c1-27(18-10-4-3-5-11-18)16-17-28(2)24(30)20-13-7-9-15-22(20)26-23(29)19-12-6-8-14-21(19)25/h6-9,12-15,18H,3-5,10-11,16-17H2,1-2H3,(H,26,29). The van der Waals surface area contributed by atoms with Crippen LogP contribution in [0.2, 0.25) is 0 Å². The van der Waals surface area contributed by atoms with Crippen LogP contribution in [0.1, 0.15) is 52.8 Å². The van der Waals surface area contributed by atoms with Gasteiger partial charge in [0, 0.05) is 30.7 Å². The maximum Gasteiger partial charge on any atom is 0.256 e. The third kappa shape index (κ3) is 5.70. The third-order valence-electron chi connectivity index (χ3n) is 5.86. The molecule has 2 aromatic rings. The monoisotopic (exact) mass is 471 g/mol. The highest BCUT2D eigenvalue weighted by Crippen LogP contribution is 2.23. The van der Waals surface area contributed by atoms with Crippen LogP contribution in [0.15, 0.2) is 53.0 Å². The van der Waals surface area contributed by atoms with Crippen molar-refractivity contribution in [1.82, 2.24) is 9.80 Å². The van der Waals surface area contributed by atoms with Gasteiger partial charge in [-0.3, -0.25) is 9.59 Å². The molecule has 2 amide bonds. The van der Waals surface area contributed by atoms with Crippen molar-refractivity contribution >= 4 is 33.4 Å². The second-order valence-electron chi connectivity index (χ2n) is 7.98. The fourth-order valence-electron chi connectivity index (χ4n) is 3.93. The molecular weight excluding hydrogens is 442 g/mol. The molecule has 3 rings (SSSR count). The van der Waals surface area contributed by atoms with E-state index in [4.69, 9.17) is 0 Å². The Morgan fingerprint density at radius 3 is 2.27 bits per heavy atom. The summed E-state index contributed by atoms with van der Waals surface area (Å²) in [4.78, 5) is 29.9. The Kier molecular flexibility index (Phi) is 8.05. The lowest BCUT2D eigenvalue weighted by atomic mass is 9.94. The van der Waals surface area contributed by atoms with Crippen molar-refractivity contribution < 1.29 is 9.59 Å². The molecule has 0 bridgehead atoms. The molecule has 0 atom stereocenters. The quantitative estimate of drug-likeness (QED) is 0.615. The van der Waals surface area contributed by atoms with Gasteiger partial charge in [-0.05, 0) is 60.1 Å². The summed E-state index contributed by atoms with van der Waals surface area (Å²) in [7, 11) is 3.98. The summed E-state index contributed by atoms with van der Waals surface area (Å²) in [6.45, 7) is 1.50. The van der Waals surface area contributed by atoms with E-state index in [1.165, 1.54) is 32.1 Å². The molecule has 1 aliphatic rings. The number of halogens is 1. The number of rotatable bonds is 7. The van der Waals surface area contributed by atoms with E-state index in [1.54, 1.807) is 23.1 Å². The second kappa shape index (κ2) is 10.7. The SMILES string of the molecule is CN(CCN(C)C1CCCCC1)C(=O)c1ccccc1NC(=O)c1ccccc1Br. The molecule has 1 aliphatic carbocycles. The summed E-state index contributed by atoms with van der Waals surface area (Å²) in [5.74, 6) is -0.336. The molecule has 0 aliphatic heterocycles. The molecule has 1 N–H and O–H groups in total. The summed E-state index contributed by atoms with van der Waals surface area (Å²) < 4.78 is 0.717. The molecule has 1 fully saturated rings. The van der Waals surface area contributed by atoms with E-state index < -0.39 is 0 Å². The van der Waals surface area contributed by atoms with Crippen LogP contribution < -0.4 is 5.32 Å². The van der Waals surface area contributed by atoms with Gasteiger partial charge < -0.3 is 15.1 Å². The van der Waals surface area contributed by atoms with Crippen molar-refractivity contribution in [2.75, 3.05) is 32.5 Å². The Hall–Kier alpha value is -2.18. The average molecular weight is 472 g/mol. The van der Waals surface area contributed by atoms with Crippen molar-refractivity contribution in [2.45, 2.75) is 38.1 Å². The average Bonchev–Trinajstić information content (AvgIpc) is 2.78. The third-order valence-corrected chi connectivity index (χ3v) is 6.55. The second-order valence-corrected chi connectivity index (χ2v) is 8.83. The van der Waals surface area contributed by atoms with Gasteiger partial charge in [-0.15, -0.1) is 0 Å². The fourth-order valence-corrected chi connectivity index (χ4v) is 4.40. The van der Waals surface area contributed by atoms with E-state index in [0.717, 1.165) is 6.54 Å². The van der Waals surface area contributed by atoms with Gasteiger partial charge in [0.05, 0.1) is 16.8 Å². The normalized spacial score (nSPS) is 14.5. The van der Waals surface area contributed by atoms with Crippen molar-refractivity contribution in [3.63, 3.8) is 0 Å². The molecule has 0 radical (unpaired) electrons. The van der Waals surface area contributed by atoms with E-state index >= 15 is 0 Å². The van der Waals surface area contributed by atoms with Crippen LogP contribution in [0.4, 0.5) is 5.69 Å². The van der Waals surface area contributed by atoms with Crippen molar-refractivity contribution in [1.29, 1.82) is 0 Å². The summed E-state index contributed by atoms with van der Waals surface area (Å²) >= 11 is 3.41. The summed E-state index contributed by atoms with van der Waals surface area (Å²) in [6.07, 6.45) is 6.43. The zero-order chi connectivity index (χ0) is 21.5. The van der Waals surface area contributed by atoms with Gasteiger partial charge in [0.25, 0.3) is 11.8 Å². The number of carbonyl (C=O) groups excluding carboxylic acids is 2. The van der Waals surface area contributed by atoms with Crippen LogP contribution in [0, 0.1) is 0 Å². The molecule has 0 saturated heterocycles. The number of para-hydroxylation sites is 1. The topological polar surface area (TPSA) is 52.6 Å². The van der Waals surface area contributed by atoms with Crippen LogP contribution in [0.25, 0.3) is 0 Å². The first-order chi connectivity index (χ1) is 14.5. The lowest BCUT2D eigenvalue weighted by Crippen LogP contribution is -2.40. The van der Waals surface area contributed by atoms with Gasteiger partial charge in [-0.1, -0.05) is 43.5 Å². The Morgan fingerprint density at radius 1 is 0.933 bits per heavy atom. The van der Waals surface area contributed by atoms with Gasteiger partial charge >= 0.3 is 0 Å². The minimum absolute atomic E-state index is 0.0879. The van der Waals surface area contributed by atoms with Gasteiger partial charge in [0.1, 0.15) is 0 Å². The van der Waals surface area contributed by atoms with E-state index in [-0.39, 0.29) is 11.8 Å². The highest BCUT2D eigenvalue weighted by molar-refractivity contribution is 9.10. The minimum atomic E-state index is -0.248. The molecule has 0 aromatic heterocycles. The van der Waals surface area contributed by atoms with E-state index in [9.17, 15) is 9.59 Å². The lowest BCUT2D eigenvalue weighted by molar-refractivity contribution is 0.0768. The number of likely N-dealkylation sites (N-methyl/N-ethyl adjacent to an activating group) is 2. The first-order valence-electron chi connectivity index (χ1n) is 10.6. The minimum Gasteiger partial charge on any atom is -0.340 e. The van der Waals surface area contributed by atoms with Gasteiger partial charge in [-0.25, -0.2) is 0 Å². The summed E-state index contributed by atoms with van der Waals surface area (Å²) in [6, 6.07) is 15.0. The first kappa shape index (κ1) is 22.5. The van der Waals surface area contributed by atoms with Crippen LogP contribution in [-0.4, -0.2) is 54.8 Å². The summed E-state index contributed by atoms with van der Waals surface area (Å²) in [5, 5.41) is 2.89. The van der Waals surface area contributed by atoms with Crippen LogP contribution in [-0.2, 0) is 0 Å². The molecule has 0 unspecified atom stereocenters. The fraction of sp³-hybridized carbons (Fsp3) is 0.417. The van der Waals surface area contributed by atoms with Crippen LogP contribution in [0.5, 0.6) is 0 Å².